The Labute approximate surface area is 101 Å². The van der Waals surface area contributed by atoms with Crippen LogP contribution in [0.25, 0.3) is 0 Å². The van der Waals surface area contributed by atoms with Gasteiger partial charge >= 0.3 is 6.16 Å². The van der Waals surface area contributed by atoms with Gasteiger partial charge < -0.3 is 24.2 Å². The van der Waals surface area contributed by atoms with Gasteiger partial charge in [0.05, 0.1) is 6.61 Å². The van der Waals surface area contributed by atoms with Crippen LogP contribution in [0, 0.1) is 0 Å². The molecule has 6 heteroatoms. The first-order valence-electron chi connectivity index (χ1n) is 5.97. The summed E-state index contributed by atoms with van der Waals surface area (Å²) in [6, 6.07) is 0. The van der Waals surface area contributed by atoms with E-state index in [2.05, 4.69) is 18.7 Å². The summed E-state index contributed by atoms with van der Waals surface area (Å²) in [6.07, 6.45) is -3.11. The second-order valence-corrected chi connectivity index (χ2v) is 3.94. The van der Waals surface area contributed by atoms with Crippen molar-refractivity contribution in [3.8, 4) is 0 Å². The van der Waals surface area contributed by atoms with Crippen LogP contribution >= 0.6 is 0 Å². The predicted molar refractivity (Wildman–Crippen MR) is 60.6 cm³/mol. The Morgan fingerprint density at radius 3 is 2.53 bits per heavy atom. The first kappa shape index (κ1) is 14.2. The third-order valence-corrected chi connectivity index (χ3v) is 2.85. The molecule has 1 aliphatic rings. The predicted octanol–water partition coefficient (Wildman–Crippen LogP) is 0.587. The molecular weight excluding hydrogens is 226 g/mol. The van der Waals surface area contributed by atoms with Gasteiger partial charge in [-0.05, 0) is 20.0 Å². The molecule has 1 rings (SSSR count). The minimum Gasteiger partial charge on any atom is -0.427 e. The first-order valence-corrected chi connectivity index (χ1v) is 5.97. The van der Waals surface area contributed by atoms with Gasteiger partial charge in [-0.1, -0.05) is 13.8 Å². The van der Waals surface area contributed by atoms with E-state index in [-0.39, 0.29) is 0 Å². The lowest BCUT2D eigenvalue weighted by Crippen LogP contribution is -2.37. The second kappa shape index (κ2) is 6.78. The average Bonchev–Trinajstić information content (AvgIpc) is 2.64. The fourth-order valence-corrected chi connectivity index (χ4v) is 1.68. The lowest BCUT2D eigenvalue weighted by Gasteiger charge is -2.22. The van der Waals surface area contributed by atoms with Gasteiger partial charge in [0.15, 0.2) is 12.4 Å². The molecular formula is C11H21NO5. The van der Waals surface area contributed by atoms with E-state index in [4.69, 9.17) is 14.2 Å². The Hall–Kier alpha value is -0.850. The van der Waals surface area contributed by atoms with Crippen LogP contribution in [-0.2, 0) is 14.2 Å². The largest absolute Gasteiger partial charge is 0.509 e. The lowest BCUT2D eigenvalue weighted by molar-refractivity contribution is -0.161. The van der Waals surface area contributed by atoms with E-state index in [0.29, 0.717) is 6.61 Å². The van der Waals surface area contributed by atoms with Crippen molar-refractivity contribution in [1.82, 2.24) is 4.90 Å². The molecule has 0 aromatic heterocycles. The monoisotopic (exact) mass is 247 g/mol. The molecule has 100 valence electrons. The second-order valence-electron chi connectivity index (χ2n) is 3.94. The topological polar surface area (TPSA) is 68.2 Å². The summed E-state index contributed by atoms with van der Waals surface area (Å²) in [5.74, 6) is 0. The maximum atomic E-state index is 10.8. The SMILES string of the molecule is CCN(CC)CCOC(O)C1OC(=O)OC1C. The Bertz CT molecular complexity index is 244. The summed E-state index contributed by atoms with van der Waals surface area (Å²) in [6.45, 7) is 8.79. The zero-order valence-electron chi connectivity index (χ0n) is 10.6. The molecule has 1 aliphatic heterocycles. The molecule has 17 heavy (non-hydrogen) atoms. The number of nitrogens with zero attached hydrogens (tertiary/aromatic N) is 1. The summed E-state index contributed by atoms with van der Waals surface area (Å²) in [7, 11) is 0. The fourth-order valence-electron chi connectivity index (χ4n) is 1.68. The van der Waals surface area contributed by atoms with Crippen LogP contribution in [-0.4, -0.2) is 60.9 Å². The van der Waals surface area contributed by atoms with Gasteiger partial charge in [0.1, 0.15) is 6.10 Å². The lowest BCUT2D eigenvalue weighted by atomic mass is 10.2. The van der Waals surface area contributed by atoms with Crippen molar-refractivity contribution < 1.29 is 24.1 Å². The van der Waals surface area contributed by atoms with E-state index in [9.17, 15) is 9.90 Å². The highest BCUT2D eigenvalue weighted by molar-refractivity contribution is 5.62. The molecule has 1 saturated heterocycles. The van der Waals surface area contributed by atoms with Crippen molar-refractivity contribution in [3.05, 3.63) is 0 Å². The third kappa shape index (κ3) is 4.14. The summed E-state index contributed by atoms with van der Waals surface area (Å²) < 4.78 is 14.8. The van der Waals surface area contributed by atoms with E-state index in [0.717, 1.165) is 19.6 Å². The molecule has 0 aliphatic carbocycles. The average molecular weight is 247 g/mol. The minimum atomic E-state index is -1.13. The van der Waals surface area contributed by atoms with Crippen LogP contribution in [0.1, 0.15) is 20.8 Å². The van der Waals surface area contributed by atoms with Gasteiger partial charge in [-0.15, -0.1) is 0 Å². The number of aliphatic hydroxyl groups excluding tert-OH is 1. The summed E-state index contributed by atoms with van der Waals surface area (Å²) in [5, 5.41) is 9.70. The maximum Gasteiger partial charge on any atom is 0.509 e. The minimum absolute atomic E-state index is 0.392. The van der Waals surface area contributed by atoms with Crippen molar-refractivity contribution >= 4 is 6.16 Å². The van der Waals surface area contributed by atoms with Crippen molar-refractivity contribution in [2.45, 2.75) is 39.3 Å². The molecule has 0 amide bonds. The van der Waals surface area contributed by atoms with E-state index < -0.39 is 24.7 Å². The van der Waals surface area contributed by atoms with Gasteiger partial charge in [0.2, 0.25) is 0 Å². The molecule has 3 unspecified atom stereocenters. The molecule has 1 N–H and O–H groups in total. The van der Waals surface area contributed by atoms with Crippen molar-refractivity contribution in [3.63, 3.8) is 0 Å². The first-order chi connectivity index (χ1) is 8.08. The Kier molecular flexibility index (Phi) is 5.67. The highest BCUT2D eigenvalue weighted by Crippen LogP contribution is 2.18. The number of hydrogen-bond acceptors (Lipinski definition) is 6. The molecule has 6 nitrogen and oxygen atoms in total. The molecule has 0 spiro atoms. The van der Waals surface area contributed by atoms with Gasteiger partial charge in [-0.25, -0.2) is 4.79 Å². The highest BCUT2D eigenvalue weighted by Gasteiger charge is 2.39. The molecule has 0 saturated carbocycles. The number of ether oxygens (including phenoxy) is 3. The quantitative estimate of drug-likeness (QED) is 0.524. The normalized spacial score (nSPS) is 25.8. The molecule has 3 atom stereocenters. The van der Waals surface area contributed by atoms with Crippen LogP contribution in [0.4, 0.5) is 4.79 Å². The summed E-state index contributed by atoms with van der Waals surface area (Å²) in [5.41, 5.74) is 0. The van der Waals surface area contributed by atoms with Crippen molar-refractivity contribution in [2.75, 3.05) is 26.2 Å². The van der Waals surface area contributed by atoms with Gasteiger partial charge in [0, 0.05) is 6.54 Å². The van der Waals surface area contributed by atoms with Gasteiger partial charge in [-0.2, -0.15) is 0 Å². The maximum absolute atomic E-state index is 10.8. The van der Waals surface area contributed by atoms with Gasteiger partial charge in [0.25, 0.3) is 0 Å². The number of aliphatic hydroxyl groups is 1. The molecule has 0 aromatic rings. The molecule has 0 bridgehead atoms. The number of carbonyl (C=O) groups excluding carboxylic acids is 1. The number of carbonyl (C=O) groups is 1. The fraction of sp³-hybridized carbons (Fsp3) is 0.909. The third-order valence-electron chi connectivity index (χ3n) is 2.85. The zero-order chi connectivity index (χ0) is 12.8. The van der Waals surface area contributed by atoms with Crippen LogP contribution in [0.5, 0.6) is 0 Å². The van der Waals surface area contributed by atoms with Crippen LogP contribution in [0.15, 0.2) is 0 Å². The van der Waals surface area contributed by atoms with E-state index in [1.165, 1.54) is 0 Å². The van der Waals surface area contributed by atoms with E-state index >= 15 is 0 Å². The Balaban J connectivity index is 2.25. The van der Waals surface area contributed by atoms with Crippen LogP contribution < -0.4 is 0 Å². The van der Waals surface area contributed by atoms with Crippen molar-refractivity contribution in [2.24, 2.45) is 0 Å². The molecule has 0 aromatic carbocycles. The molecule has 1 heterocycles. The Morgan fingerprint density at radius 1 is 1.41 bits per heavy atom. The molecule has 0 radical (unpaired) electrons. The summed E-state index contributed by atoms with van der Waals surface area (Å²) in [4.78, 5) is 13.0. The standard InChI is InChI=1S/C11H21NO5/c1-4-12(5-2)6-7-15-10(13)9-8(3)16-11(14)17-9/h8-10,13H,4-7H2,1-3H3. The van der Waals surface area contributed by atoms with E-state index in [1.54, 1.807) is 6.92 Å². The highest BCUT2D eigenvalue weighted by atomic mass is 16.8. The Morgan fingerprint density at radius 2 is 2.06 bits per heavy atom. The summed E-state index contributed by atoms with van der Waals surface area (Å²) >= 11 is 0. The van der Waals surface area contributed by atoms with Crippen LogP contribution in [0.2, 0.25) is 0 Å². The smallest absolute Gasteiger partial charge is 0.427 e. The van der Waals surface area contributed by atoms with Gasteiger partial charge in [-0.3, -0.25) is 0 Å². The zero-order valence-corrected chi connectivity index (χ0v) is 10.6. The number of likely N-dealkylation sites (N-methyl/N-ethyl adjacent to an activating group) is 1. The number of hydrogen-bond donors (Lipinski definition) is 1. The number of rotatable bonds is 7. The van der Waals surface area contributed by atoms with Crippen LogP contribution in [0.3, 0.4) is 0 Å². The number of cyclic esters (lactones) is 2. The van der Waals surface area contributed by atoms with Crippen molar-refractivity contribution in [1.29, 1.82) is 0 Å². The molecule has 1 fully saturated rings. The van der Waals surface area contributed by atoms with E-state index in [1.807, 2.05) is 0 Å².